The smallest absolute Gasteiger partial charge is 0.178 e. The van der Waals surface area contributed by atoms with Crippen molar-refractivity contribution in [3.63, 3.8) is 0 Å². The van der Waals surface area contributed by atoms with E-state index < -0.39 is 9.84 Å². The highest BCUT2D eigenvalue weighted by molar-refractivity contribution is 7.91. The summed E-state index contributed by atoms with van der Waals surface area (Å²) in [7, 11) is -3.35. The fraction of sp³-hybridized carbons (Fsp3) is 0.500. The fourth-order valence-corrected chi connectivity index (χ4v) is 3.00. The van der Waals surface area contributed by atoms with Gasteiger partial charge in [-0.15, -0.1) is 0 Å². The van der Waals surface area contributed by atoms with E-state index in [1.165, 1.54) is 12.1 Å². The molecule has 0 bridgehead atoms. The van der Waals surface area contributed by atoms with E-state index in [4.69, 9.17) is 5.11 Å². The van der Waals surface area contributed by atoms with E-state index in [1.807, 2.05) is 6.92 Å². The summed E-state index contributed by atoms with van der Waals surface area (Å²) in [4.78, 5) is 12.0. The van der Waals surface area contributed by atoms with Crippen molar-refractivity contribution in [3.05, 3.63) is 29.8 Å². The third kappa shape index (κ3) is 4.76. The van der Waals surface area contributed by atoms with Gasteiger partial charge in [0.05, 0.1) is 10.6 Å². The molecule has 0 saturated carbocycles. The quantitative estimate of drug-likeness (QED) is 0.743. The summed E-state index contributed by atoms with van der Waals surface area (Å²) in [6, 6.07) is 6.05. The molecule has 5 heteroatoms. The highest BCUT2D eigenvalue weighted by Crippen LogP contribution is 2.15. The van der Waals surface area contributed by atoms with Gasteiger partial charge in [0.2, 0.25) is 0 Å². The maximum atomic E-state index is 11.8. The largest absolute Gasteiger partial charge is 0.396 e. The zero-order valence-corrected chi connectivity index (χ0v) is 11.9. The van der Waals surface area contributed by atoms with Crippen molar-refractivity contribution in [2.24, 2.45) is 0 Å². The SMILES string of the molecule is CCCCC(=O)c1ccc(S(=O)(=O)CCCO)cc1. The Kier molecular flexibility index (Phi) is 6.18. The molecule has 1 rings (SSSR count). The molecule has 0 unspecified atom stereocenters. The summed E-state index contributed by atoms with van der Waals surface area (Å²) in [6.45, 7) is 1.87. The molecular weight excluding hydrogens is 264 g/mol. The van der Waals surface area contributed by atoms with Crippen LogP contribution in [-0.2, 0) is 9.84 Å². The van der Waals surface area contributed by atoms with Crippen molar-refractivity contribution in [2.45, 2.75) is 37.5 Å². The van der Waals surface area contributed by atoms with Crippen LogP contribution in [0.25, 0.3) is 0 Å². The summed E-state index contributed by atoms with van der Waals surface area (Å²) in [5.41, 5.74) is 0.551. The number of ketones is 1. The van der Waals surface area contributed by atoms with Crippen LogP contribution in [0.2, 0.25) is 0 Å². The number of carbonyl (C=O) groups excluding carboxylic acids is 1. The predicted octanol–water partition coefficient (Wildman–Crippen LogP) is 2.22. The second-order valence-corrected chi connectivity index (χ2v) is 6.56. The van der Waals surface area contributed by atoms with E-state index >= 15 is 0 Å². The fourth-order valence-electron chi connectivity index (χ4n) is 1.70. The summed E-state index contributed by atoms with van der Waals surface area (Å²) < 4.78 is 23.7. The van der Waals surface area contributed by atoms with Gasteiger partial charge in [-0.25, -0.2) is 8.42 Å². The van der Waals surface area contributed by atoms with Gasteiger partial charge in [-0.2, -0.15) is 0 Å². The molecule has 19 heavy (non-hydrogen) atoms. The zero-order valence-electron chi connectivity index (χ0n) is 11.1. The Hall–Kier alpha value is -1.20. The van der Waals surface area contributed by atoms with Crippen LogP contribution in [0.4, 0.5) is 0 Å². The normalized spacial score (nSPS) is 11.5. The molecule has 0 aliphatic heterocycles. The molecule has 0 spiro atoms. The monoisotopic (exact) mass is 284 g/mol. The molecule has 0 aliphatic rings. The molecule has 0 atom stereocenters. The van der Waals surface area contributed by atoms with Crippen LogP contribution in [-0.4, -0.2) is 31.7 Å². The topological polar surface area (TPSA) is 71.4 Å². The maximum Gasteiger partial charge on any atom is 0.178 e. The van der Waals surface area contributed by atoms with Crippen LogP contribution >= 0.6 is 0 Å². The lowest BCUT2D eigenvalue weighted by Crippen LogP contribution is -2.08. The minimum atomic E-state index is -3.35. The van der Waals surface area contributed by atoms with Gasteiger partial charge in [-0.05, 0) is 25.0 Å². The lowest BCUT2D eigenvalue weighted by molar-refractivity contribution is 0.0979. The minimum absolute atomic E-state index is 0.0427. The van der Waals surface area contributed by atoms with Crippen LogP contribution in [0, 0.1) is 0 Å². The van der Waals surface area contributed by atoms with Gasteiger partial charge in [-0.1, -0.05) is 25.5 Å². The molecule has 0 amide bonds. The van der Waals surface area contributed by atoms with Gasteiger partial charge < -0.3 is 5.11 Å². The molecule has 0 radical (unpaired) electrons. The summed E-state index contributed by atoms with van der Waals surface area (Å²) in [5.74, 6) is -0.0340. The summed E-state index contributed by atoms with van der Waals surface area (Å²) in [6.07, 6.45) is 2.52. The van der Waals surface area contributed by atoms with Crippen molar-refractivity contribution >= 4 is 15.6 Å². The molecule has 0 aliphatic carbocycles. The number of rotatable bonds is 8. The van der Waals surface area contributed by atoms with Crippen LogP contribution < -0.4 is 0 Å². The average molecular weight is 284 g/mol. The van der Waals surface area contributed by atoms with Crippen LogP contribution in [0.3, 0.4) is 0 Å². The Balaban J connectivity index is 2.79. The molecule has 0 aromatic heterocycles. The highest BCUT2D eigenvalue weighted by Gasteiger charge is 2.14. The van der Waals surface area contributed by atoms with Gasteiger partial charge in [0.25, 0.3) is 0 Å². The number of hydrogen-bond donors (Lipinski definition) is 1. The molecule has 4 nitrogen and oxygen atoms in total. The molecule has 1 N–H and O–H groups in total. The average Bonchev–Trinajstić information content (AvgIpc) is 2.42. The number of carbonyl (C=O) groups is 1. The Bertz CT molecular complexity index is 503. The van der Waals surface area contributed by atoms with E-state index in [1.54, 1.807) is 12.1 Å². The van der Waals surface area contributed by atoms with Crippen LogP contribution in [0.1, 0.15) is 43.0 Å². The molecule has 0 saturated heterocycles. The van der Waals surface area contributed by atoms with E-state index in [2.05, 4.69) is 0 Å². The third-order valence-electron chi connectivity index (χ3n) is 2.86. The lowest BCUT2D eigenvalue weighted by Gasteiger charge is -2.05. The number of Topliss-reactive ketones (excluding diaryl/α,β-unsaturated/α-hetero) is 1. The van der Waals surface area contributed by atoms with Crippen molar-refractivity contribution < 1.29 is 18.3 Å². The second kappa shape index (κ2) is 7.40. The number of benzene rings is 1. The number of unbranched alkanes of at least 4 members (excludes halogenated alkanes) is 1. The summed E-state index contributed by atoms with van der Waals surface area (Å²) >= 11 is 0. The first-order chi connectivity index (χ1) is 9.01. The molecule has 106 valence electrons. The van der Waals surface area contributed by atoms with Gasteiger partial charge in [0, 0.05) is 18.6 Å². The van der Waals surface area contributed by atoms with Crippen molar-refractivity contribution in [1.29, 1.82) is 0 Å². The first-order valence-corrected chi connectivity index (χ1v) is 8.13. The molecule has 1 aromatic rings. The zero-order chi connectivity index (χ0) is 14.3. The second-order valence-electron chi connectivity index (χ2n) is 4.45. The molecule has 1 aromatic carbocycles. The first kappa shape index (κ1) is 15.9. The minimum Gasteiger partial charge on any atom is -0.396 e. The Labute approximate surface area is 114 Å². The first-order valence-electron chi connectivity index (χ1n) is 6.48. The number of hydrogen-bond acceptors (Lipinski definition) is 4. The van der Waals surface area contributed by atoms with E-state index in [0.29, 0.717) is 12.0 Å². The van der Waals surface area contributed by atoms with Gasteiger partial charge >= 0.3 is 0 Å². The van der Waals surface area contributed by atoms with Crippen LogP contribution in [0.15, 0.2) is 29.2 Å². The molecule has 0 fully saturated rings. The highest BCUT2D eigenvalue weighted by atomic mass is 32.2. The van der Waals surface area contributed by atoms with Crippen molar-refractivity contribution in [3.8, 4) is 0 Å². The van der Waals surface area contributed by atoms with Crippen molar-refractivity contribution in [1.82, 2.24) is 0 Å². The maximum absolute atomic E-state index is 11.8. The Morgan fingerprint density at radius 1 is 1.16 bits per heavy atom. The number of aliphatic hydroxyl groups excluding tert-OH is 1. The van der Waals surface area contributed by atoms with E-state index in [0.717, 1.165) is 12.8 Å². The van der Waals surface area contributed by atoms with E-state index in [9.17, 15) is 13.2 Å². The van der Waals surface area contributed by atoms with E-state index in [-0.39, 0.29) is 29.5 Å². The number of sulfone groups is 1. The van der Waals surface area contributed by atoms with Gasteiger partial charge in [0.1, 0.15) is 0 Å². The predicted molar refractivity (Wildman–Crippen MR) is 74.1 cm³/mol. The van der Waals surface area contributed by atoms with Crippen LogP contribution in [0.5, 0.6) is 0 Å². The lowest BCUT2D eigenvalue weighted by atomic mass is 10.1. The van der Waals surface area contributed by atoms with Gasteiger partial charge in [0.15, 0.2) is 15.6 Å². The third-order valence-corrected chi connectivity index (χ3v) is 4.68. The number of aliphatic hydroxyl groups is 1. The van der Waals surface area contributed by atoms with Gasteiger partial charge in [-0.3, -0.25) is 4.79 Å². The Morgan fingerprint density at radius 3 is 2.32 bits per heavy atom. The molecular formula is C14H20O4S. The Morgan fingerprint density at radius 2 is 1.79 bits per heavy atom. The molecule has 0 heterocycles. The standard InChI is InChI=1S/C14H20O4S/c1-2-3-5-14(16)12-6-8-13(9-7-12)19(17,18)11-4-10-15/h6-9,15H,2-5,10-11H2,1H3. The summed E-state index contributed by atoms with van der Waals surface area (Å²) in [5, 5.41) is 8.67. The van der Waals surface area contributed by atoms with Crippen molar-refractivity contribution in [2.75, 3.05) is 12.4 Å².